The lowest BCUT2D eigenvalue weighted by Crippen LogP contribution is -2.50. The Kier molecular flexibility index (Phi) is 7.71. The molecule has 3 rings (SSSR count). The number of ether oxygens (including phenoxy) is 1. The molecule has 0 aromatic carbocycles. The van der Waals surface area contributed by atoms with Crippen LogP contribution in [0.3, 0.4) is 0 Å². The first kappa shape index (κ1) is 24.4. The number of aliphatic hydroxyl groups excluding tert-OH is 1. The number of amides is 1. The standard InChI is InChI=1S/C22H29N3O5S2/c1-5-7-17-10-18-21(23-11-17)30-19(15(2)12-25(22(18)27)16(3)14-26)13-24(4)32(28,29)20-8-6-9-31-20/h5-11,15-16,19,26H,12-14H2,1-4H3/b7-5+/t15-,16+,19+/m1/s1. The van der Waals surface area contributed by atoms with Gasteiger partial charge in [-0.15, -0.1) is 11.3 Å². The Hall–Kier alpha value is -2.27. The molecule has 2 aromatic heterocycles. The summed E-state index contributed by atoms with van der Waals surface area (Å²) in [6.07, 6.45) is 4.75. The van der Waals surface area contributed by atoms with Crippen LogP contribution >= 0.6 is 11.3 Å². The molecule has 0 aliphatic carbocycles. The first-order valence-corrected chi connectivity index (χ1v) is 12.7. The molecule has 0 saturated carbocycles. The van der Waals surface area contributed by atoms with Gasteiger partial charge in [0.1, 0.15) is 15.9 Å². The number of aliphatic hydroxyl groups is 1. The highest BCUT2D eigenvalue weighted by atomic mass is 32.2. The third-order valence-corrected chi connectivity index (χ3v) is 8.69. The zero-order valence-corrected chi connectivity index (χ0v) is 20.3. The molecule has 174 valence electrons. The van der Waals surface area contributed by atoms with E-state index in [1.54, 1.807) is 41.6 Å². The summed E-state index contributed by atoms with van der Waals surface area (Å²) in [7, 11) is -2.13. The van der Waals surface area contributed by atoms with Crippen molar-refractivity contribution in [2.75, 3.05) is 26.7 Å². The Bertz CT molecular complexity index is 1070. The smallest absolute Gasteiger partial charge is 0.259 e. The van der Waals surface area contributed by atoms with Crippen LogP contribution in [0.15, 0.2) is 40.1 Å². The van der Waals surface area contributed by atoms with Crippen molar-refractivity contribution in [2.24, 2.45) is 5.92 Å². The van der Waals surface area contributed by atoms with Gasteiger partial charge in [0.25, 0.3) is 15.9 Å². The second-order valence-corrected chi connectivity index (χ2v) is 11.2. The molecule has 3 heterocycles. The molecule has 0 spiro atoms. The number of allylic oxidation sites excluding steroid dienone is 1. The van der Waals surface area contributed by atoms with Crippen LogP contribution in [0.2, 0.25) is 0 Å². The SMILES string of the molecule is C/C=C/c1cnc2c(c1)C(=O)N([C@@H](C)CO)C[C@@H](C)[C@H](CN(C)S(=O)(=O)c1cccs1)O2. The largest absolute Gasteiger partial charge is 0.472 e. The molecule has 1 amide bonds. The second kappa shape index (κ2) is 10.1. The fourth-order valence-corrected chi connectivity index (χ4v) is 5.92. The number of rotatable bonds is 7. The molecule has 1 aliphatic rings. The molecular formula is C22H29N3O5S2. The summed E-state index contributed by atoms with van der Waals surface area (Å²) in [5.41, 5.74) is 1.05. The van der Waals surface area contributed by atoms with E-state index in [9.17, 15) is 18.3 Å². The quantitative estimate of drug-likeness (QED) is 0.656. The van der Waals surface area contributed by atoms with Crippen LogP contribution < -0.4 is 4.74 Å². The van der Waals surface area contributed by atoms with Crippen molar-refractivity contribution in [2.45, 2.75) is 37.1 Å². The molecule has 0 radical (unpaired) electrons. The van der Waals surface area contributed by atoms with Gasteiger partial charge in [-0.2, -0.15) is 4.31 Å². The van der Waals surface area contributed by atoms with Crippen molar-refractivity contribution in [1.29, 1.82) is 0 Å². The topological polar surface area (TPSA) is 100 Å². The summed E-state index contributed by atoms with van der Waals surface area (Å²) in [4.78, 5) is 19.3. The van der Waals surface area contributed by atoms with E-state index in [1.165, 1.54) is 11.4 Å². The highest BCUT2D eigenvalue weighted by Gasteiger charge is 2.36. The zero-order chi connectivity index (χ0) is 23.5. The Morgan fingerprint density at radius 1 is 1.47 bits per heavy atom. The number of carbonyl (C=O) groups excluding carboxylic acids is 1. The van der Waals surface area contributed by atoms with Crippen molar-refractivity contribution in [3.05, 3.63) is 47.0 Å². The minimum Gasteiger partial charge on any atom is -0.472 e. The van der Waals surface area contributed by atoms with E-state index in [0.717, 1.165) is 16.9 Å². The number of carbonyl (C=O) groups is 1. The average molecular weight is 480 g/mol. The van der Waals surface area contributed by atoms with Crippen molar-refractivity contribution in [3.63, 3.8) is 0 Å². The molecule has 0 fully saturated rings. The lowest BCUT2D eigenvalue weighted by atomic mass is 10.00. The minimum atomic E-state index is -3.65. The first-order chi connectivity index (χ1) is 15.2. The first-order valence-electron chi connectivity index (χ1n) is 10.4. The Morgan fingerprint density at radius 2 is 2.22 bits per heavy atom. The summed E-state index contributed by atoms with van der Waals surface area (Å²) in [5.74, 6) is -0.318. The number of nitrogens with zero attached hydrogens (tertiary/aromatic N) is 3. The molecule has 8 nitrogen and oxygen atoms in total. The summed E-state index contributed by atoms with van der Waals surface area (Å²) >= 11 is 1.16. The predicted molar refractivity (Wildman–Crippen MR) is 124 cm³/mol. The fraction of sp³-hybridized carbons (Fsp3) is 0.455. The number of fused-ring (bicyclic) bond motifs is 1. The zero-order valence-electron chi connectivity index (χ0n) is 18.6. The van der Waals surface area contributed by atoms with Crippen LogP contribution in [0, 0.1) is 5.92 Å². The van der Waals surface area contributed by atoms with Crippen LogP contribution in [0.1, 0.15) is 36.7 Å². The molecular weight excluding hydrogens is 450 g/mol. The molecule has 0 unspecified atom stereocenters. The highest BCUT2D eigenvalue weighted by Crippen LogP contribution is 2.29. The lowest BCUT2D eigenvalue weighted by molar-refractivity contribution is 0.0373. The molecule has 2 aromatic rings. The normalized spacial score (nSPS) is 20.7. The van der Waals surface area contributed by atoms with Crippen LogP contribution in [0.25, 0.3) is 6.08 Å². The van der Waals surface area contributed by atoms with E-state index in [4.69, 9.17) is 4.74 Å². The van der Waals surface area contributed by atoms with Gasteiger partial charge in [0, 0.05) is 25.7 Å². The monoisotopic (exact) mass is 479 g/mol. The molecule has 3 atom stereocenters. The van der Waals surface area contributed by atoms with E-state index in [2.05, 4.69) is 4.98 Å². The molecule has 0 saturated heterocycles. The van der Waals surface area contributed by atoms with Crippen molar-refractivity contribution in [3.8, 4) is 5.88 Å². The lowest BCUT2D eigenvalue weighted by Gasteiger charge is -2.37. The third-order valence-electron chi connectivity index (χ3n) is 5.50. The Labute approximate surface area is 193 Å². The maximum atomic E-state index is 13.3. The highest BCUT2D eigenvalue weighted by molar-refractivity contribution is 7.91. The molecule has 1 aliphatic heterocycles. The summed E-state index contributed by atoms with van der Waals surface area (Å²) in [6, 6.07) is 4.57. The predicted octanol–water partition coefficient (Wildman–Crippen LogP) is 2.72. The number of hydrogen-bond acceptors (Lipinski definition) is 7. The maximum absolute atomic E-state index is 13.3. The number of pyridine rings is 1. The summed E-state index contributed by atoms with van der Waals surface area (Å²) < 4.78 is 33.5. The van der Waals surface area contributed by atoms with Crippen LogP contribution in [0.5, 0.6) is 5.88 Å². The molecule has 1 N–H and O–H groups in total. The molecule has 32 heavy (non-hydrogen) atoms. The van der Waals surface area contributed by atoms with E-state index < -0.39 is 22.2 Å². The second-order valence-electron chi connectivity index (χ2n) is 7.96. The summed E-state index contributed by atoms with van der Waals surface area (Å²) in [6.45, 7) is 5.77. The van der Waals surface area contributed by atoms with Gasteiger partial charge in [-0.05, 0) is 36.9 Å². The number of thiophene rings is 1. The van der Waals surface area contributed by atoms with E-state index in [-0.39, 0.29) is 35.1 Å². The van der Waals surface area contributed by atoms with Crippen LogP contribution in [0.4, 0.5) is 0 Å². The van der Waals surface area contributed by atoms with E-state index in [1.807, 2.05) is 26.0 Å². The van der Waals surface area contributed by atoms with Gasteiger partial charge in [0.15, 0.2) is 0 Å². The number of aromatic nitrogens is 1. The van der Waals surface area contributed by atoms with Gasteiger partial charge in [-0.1, -0.05) is 25.1 Å². The van der Waals surface area contributed by atoms with E-state index >= 15 is 0 Å². The Morgan fingerprint density at radius 3 is 2.84 bits per heavy atom. The van der Waals surface area contributed by atoms with Gasteiger partial charge in [0.2, 0.25) is 5.88 Å². The van der Waals surface area contributed by atoms with Gasteiger partial charge < -0.3 is 14.7 Å². The van der Waals surface area contributed by atoms with Gasteiger partial charge in [-0.25, -0.2) is 13.4 Å². The van der Waals surface area contributed by atoms with Crippen molar-refractivity contribution >= 4 is 33.3 Å². The van der Waals surface area contributed by atoms with Crippen molar-refractivity contribution < 1.29 is 23.1 Å². The van der Waals surface area contributed by atoms with Gasteiger partial charge >= 0.3 is 0 Å². The number of sulfonamides is 1. The van der Waals surface area contributed by atoms with Crippen LogP contribution in [-0.2, 0) is 10.0 Å². The number of likely N-dealkylation sites (N-methyl/N-ethyl adjacent to an activating group) is 1. The maximum Gasteiger partial charge on any atom is 0.259 e. The Balaban J connectivity index is 1.98. The van der Waals surface area contributed by atoms with Crippen molar-refractivity contribution in [1.82, 2.24) is 14.2 Å². The van der Waals surface area contributed by atoms with E-state index in [0.29, 0.717) is 12.1 Å². The fourth-order valence-electron chi connectivity index (χ4n) is 3.54. The van der Waals surface area contributed by atoms with Gasteiger partial charge in [-0.3, -0.25) is 4.79 Å². The third kappa shape index (κ3) is 5.03. The summed E-state index contributed by atoms with van der Waals surface area (Å²) in [5, 5.41) is 11.4. The average Bonchev–Trinajstić information content (AvgIpc) is 3.32. The van der Waals surface area contributed by atoms with Gasteiger partial charge in [0.05, 0.1) is 19.2 Å². The van der Waals surface area contributed by atoms with Crippen LogP contribution in [-0.4, -0.2) is 72.5 Å². The minimum absolute atomic E-state index is 0.0919. The molecule has 10 heteroatoms. The number of hydrogen-bond donors (Lipinski definition) is 1. The molecule has 0 bridgehead atoms.